The van der Waals surface area contributed by atoms with Crippen molar-refractivity contribution < 1.29 is 29.0 Å². The molecular formula is C24H32O6. The molecule has 3 saturated carbocycles. The maximum Gasteiger partial charge on any atom is 0.312 e. The predicted octanol–water partition coefficient (Wildman–Crippen LogP) is 2.66. The van der Waals surface area contributed by atoms with Gasteiger partial charge in [-0.1, -0.05) is 39.8 Å². The van der Waals surface area contributed by atoms with Gasteiger partial charge < -0.3 is 9.84 Å². The van der Waals surface area contributed by atoms with Gasteiger partial charge in [-0.2, -0.15) is 0 Å². The Labute approximate surface area is 177 Å². The third-order valence-electron chi connectivity index (χ3n) is 9.50. The lowest BCUT2D eigenvalue weighted by molar-refractivity contribution is -0.222. The number of cyclic esters (lactones) is 1. The number of aliphatic hydroxyl groups excluding tert-OH is 1. The minimum Gasteiger partial charge on any atom is -0.454 e. The summed E-state index contributed by atoms with van der Waals surface area (Å²) in [4.78, 5) is 52.9. The van der Waals surface area contributed by atoms with Crippen molar-refractivity contribution in [3.63, 3.8) is 0 Å². The van der Waals surface area contributed by atoms with Gasteiger partial charge in [-0.05, 0) is 38.0 Å². The number of Topliss-reactive ketones (excluding diaryl/α,β-unsaturated/α-hetero) is 3. The molecule has 6 heteroatoms. The Hall–Kier alpha value is -1.82. The van der Waals surface area contributed by atoms with Gasteiger partial charge in [-0.3, -0.25) is 19.2 Å². The van der Waals surface area contributed by atoms with E-state index in [1.165, 1.54) is 0 Å². The number of carbonyl (C=O) groups is 4. The smallest absolute Gasteiger partial charge is 0.312 e. The highest BCUT2D eigenvalue weighted by Gasteiger charge is 2.75. The first-order valence-electron chi connectivity index (χ1n) is 10.8. The highest BCUT2D eigenvalue weighted by atomic mass is 16.5. The van der Waals surface area contributed by atoms with Gasteiger partial charge in [0.2, 0.25) is 0 Å². The maximum atomic E-state index is 13.8. The van der Waals surface area contributed by atoms with Crippen molar-refractivity contribution in [2.45, 2.75) is 73.0 Å². The fraction of sp³-hybridized carbons (Fsp3) is 0.750. The average Bonchev–Trinajstić information content (AvgIpc) is 2.64. The summed E-state index contributed by atoms with van der Waals surface area (Å²) in [6, 6.07) is 0. The predicted molar refractivity (Wildman–Crippen MR) is 108 cm³/mol. The lowest BCUT2D eigenvalue weighted by atomic mass is 9.35. The number of hydrogen-bond donors (Lipinski definition) is 1. The maximum absolute atomic E-state index is 13.8. The highest BCUT2D eigenvalue weighted by molar-refractivity contribution is 6.05. The number of carbonyl (C=O) groups excluding carboxylic acids is 4. The molecule has 0 aromatic heterocycles. The molecule has 1 saturated heterocycles. The van der Waals surface area contributed by atoms with Crippen molar-refractivity contribution >= 4 is 23.3 Å². The van der Waals surface area contributed by atoms with Crippen molar-refractivity contribution in [1.29, 1.82) is 0 Å². The fourth-order valence-electron chi connectivity index (χ4n) is 7.90. The van der Waals surface area contributed by atoms with E-state index >= 15 is 0 Å². The molecule has 0 radical (unpaired) electrons. The lowest BCUT2D eigenvalue weighted by Crippen LogP contribution is -2.73. The quantitative estimate of drug-likeness (QED) is 0.482. The van der Waals surface area contributed by atoms with Crippen molar-refractivity contribution in [3.8, 4) is 0 Å². The standard InChI is InChI=1S/C24H32O6/c1-11-10-13-22(5)9-8-14(25)21(3,4)16(22)15(26)19(28)24(13,7)17-20(29)30-12(2)18(27)23(11,17)6/h12-13,15-17,26H,1,8-10H2,2-7H3/t12-,13-,15+,16+,17-,22-,23+,24-/m0/s1. The number of allylic oxidation sites excluding steroid dienone is 1. The third-order valence-corrected chi connectivity index (χ3v) is 9.50. The first-order chi connectivity index (χ1) is 13.7. The zero-order chi connectivity index (χ0) is 22.6. The van der Waals surface area contributed by atoms with Gasteiger partial charge in [0, 0.05) is 23.2 Å². The van der Waals surface area contributed by atoms with E-state index in [9.17, 15) is 24.3 Å². The van der Waals surface area contributed by atoms with Crippen LogP contribution in [0.5, 0.6) is 0 Å². The molecule has 164 valence electrons. The van der Waals surface area contributed by atoms with E-state index in [-0.39, 0.29) is 17.5 Å². The van der Waals surface area contributed by atoms with Crippen LogP contribution in [0.25, 0.3) is 0 Å². The molecule has 6 nitrogen and oxygen atoms in total. The molecule has 3 aliphatic carbocycles. The summed E-state index contributed by atoms with van der Waals surface area (Å²) in [7, 11) is 0. The van der Waals surface area contributed by atoms with E-state index in [1.54, 1.807) is 34.6 Å². The van der Waals surface area contributed by atoms with Gasteiger partial charge >= 0.3 is 5.97 Å². The Morgan fingerprint density at radius 2 is 1.63 bits per heavy atom. The Balaban J connectivity index is 1.95. The second kappa shape index (κ2) is 5.90. The van der Waals surface area contributed by atoms with Crippen molar-refractivity contribution in [3.05, 3.63) is 12.2 Å². The topological polar surface area (TPSA) is 97.7 Å². The number of esters is 1. The molecule has 4 fully saturated rings. The van der Waals surface area contributed by atoms with Crippen LogP contribution in [0.2, 0.25) is 0 Å². The minimum absolute atomic E-state index is 0.0426. The van der Waals surface area contributed by atoms with E-state index < -0.39 is 57.5 Å². The first kappa shape index (κ1) is 21.4. The molecule has 0 aromatic rings. The monoisotopic (exact) mass is 416 g/mol. The summed E-state index contributed by atoms with van der Waals surface area (Å²) in [5, 5.41) is 11.3. The van der Waals surface area contributed by atoms with Crippen LogP contribution >= 0.6 is 0 Å². The second-order valence-electron chi connectivity index (χ2n) is 11.2. The van der Waals surface area contributed by atoms with Gasteiger partial charge in [-0.15, -0.1) is 0 Å². The highest BCUT2D eigenvalue weighted by Crippen LogP contribution is 2.70. The molecule has 0 unspecified atom stereocenters. The van der Waals surface area contributed by atoms with Crippen molar-refractivity contribution in [2.24, 2.45) is 39.4 Å². The van der Waals surface area contributed by atoms with Crippen LogP contribution in [0.3, 0.4) is 0 Å². The molecule has 0 bridgehead atoms. The zero-order valence-electron chi connectivity index (χ0n) is 18.7. The number of hydrogen-bond acceptors (Lipinski definition) is 6. The molecule has 1 aliphatic heterocycles. The number of fused-ring (bicyclic) bond motifs is 5. The number of rotatable bonds is 0. The Morgan fingerprint density at radius 1 is 1.03 bits per heavy atom. The van der Waals surface area contributed by atoms with Gasteiger partial charge in [0.05, 0.1) is 11.3 Å². The molecule has 0 amide bonds. The zero-order valence-corrected chi connectivity index (χ0v) is 18.7. The molecule has 8 atom stereocenters. The molecule has 1 N–H and O–H groups in total. The van der Waals surface area contributed by atoms with E-state index in [4.69, 9.17) is 4.74 Å². The number of ketones is 3. The van der Waals surface area contributed by atoms with Crippen LogP contribution < -0.4 is 0 Å². The minimum atomic E-state index is -1.38. The van der Waals surface area contributed by atoms with Crippen LogP contribution in [-0.4, -0.2) is 40.6 Å². The third kappa shape index (κ3) is 2.13. The van der Waals surface area contributed by atoms with Gasteiger partial charge in [0.1, 0.15) is 11.9 Å². The van der Waals surface area contributed by atoms with Crippen LogP contribution in [0.15, 0.2) is 12.2 Å². The lowest BCUT2D eigenvalue weighted by Gasteiger charge is -2.67. The van der Waals surface area contributed by atoms with Crippen molar-refractivity contribution in [2.75, 3.05) is 0 Å². The molecule has 1 heterocycles. The summed E-state index contributed by atoms with van der Waals surface area (Å²) >= 11 is 0. The summed E-state index contributed by atoms with van der Waals surface area (Å²) in [5.74, 6) is -3.14. The molecule has 0 spiro atoms. The molecule has 30 heavy (non-hydrogen) atoms. The summed E-state index contributed by atoms with van der Waals surface area (Å²) in [6.45, 7) is 14.8. The second-order valence-corrected chi connectivity index (χ2v) is 11.2. The van der Waals surface area contributed by atoms with E-state index in [2.05, 4.69) is 6.58 Å². The van der Waals surface area contributed by atoms with Crippen LogP contribution in [0.4, 0.5) is 0 Å². The molecule has 4 aliphatic rings. The summed E-state index contributed by atoms with van der Waals surface area (Å²) in [5.41, 5.74) is -3.26. The average molecular weight is 417 g/mol. The summed E-state index contributed by atoms with van der Waals surface area (Å²) in [6.07, 6.45) is -0.976. The van der Waals surface area contributed by atoms with E-state index in [0.29, 0.717) is 24.8 Å². The Bertz CT molecular complexity index is 901. The number of aliphatic hydroxyl groups is 1. The summed E-state index contributed by atoms with van der Waals surface area (Å²) < 4.78 is 5.39. The van der Waals surface area contributed by atoms with Crippen LogP contribution in [0, 0.1) is 39.4 Å². The first-order valence-corrected chi connectivity index (χ1v) is 10.8. The fourth-order valence-corrected chi connectivity index (χ4v) is 7.90. The van der Waals surface area contributed by atoms with Crippen molar-refractivity contribution in [1.82, 2.24) is 0 Å². The van der Waals surface area contributed by atoms with Gasteiger partial charge in [0.15, 0.2) is 17.7 Å². The molecule has 4 rings (SSSR count). The van der Waals surface area contributed by atoms with Crippen LogP contribution in [0.1, 0.15) is 60.8 Å². The normalized spacial score (nSPS) is 50.4. The van der Waals surface area contributed by atoms with Crippen LogP contribution in [-0.2, 0) is 23.9 Å². The van der Waals surface area contributed by atoms with E-state index in [0.717, 1.165) is 0 Å². The molecular weight excluding hydrogens is 384 g/mol. The van der Waals surface area contributed by atoms with E-state index in [1.807, 2.05) is 6.92 Å². The SMILES string of the molecule is C=C1C[C@H]2[C@]3(C)CCC(=O)C(C)(C)[C@H]3[C@@H](O)C(=O)[C@]2(C)[C@H]2C(=O)O[C@@H](C)C(=O)[C@]12C. The largest absolute Gasteiger partial charge is 0.454 e. The van der Waals surface area contributed by atoms with Gasteiger partial charge in [-0.25, -0.2) is 0 Å². The molecule has 0 aromatic carbocycles. The Kier molecular flexibility index (Phi) is 4.21. The number of ether oxygens (including phenoxy) is 1. The van der Waals surface area contributed by atoms with Gasteiger partial charge in [0.25, 0.3) is 0 Å². The Morgan fingerprint density at radius 3 is 2.23 bits per heavy atom.